The molecule has 0 spiro atoms. The summed E-state index contributed by atoms with van der Waals surface area (Å²) in [5, 5.41) is 20.2. The lowest BCUT2D eigenvalue weighted by molar-refractivity contribution is 0.811. The van der Waals surface area contributed by atoms with Gasteiger partial charge in [-0.3, -0.25) is 0 Å². The highest BCUT2D eigenvalue weighted by Gasteiger charge is 2.12. The molecule has 7 heteroatoms. The smallest absolute Gasteiger partial charge is 0.139 e. The van der Waals surface area contributed by atoms with Crippen molar-refractivity contribution < 1.29 is 0 Å². The van der Waals surface area contributed by atoms with Gasteiger partial charge in [-0.25, -0.2) is 15.5 Å². The van der Waals surface area contributed by atoms with Crippen molar-refractivity contribution in [3.8, 4) is 6.07 Å². The fourth-order valence-corrected chi connectivity index (χ4v) is 2.22. The molecule has 0 aliphatic carbocycles. The number of nitrogens with zero attached hydrogens (tertiary/aromatic N) is 6. The van der Waals surface area contributed by atoms with Crippen LogP contribution in [0.3, 0.4) is 0 Å². The molecular formula is C16H15N7. The zero-order valence-corrected chi connectivity index (χ0v) is 12.5. The van der Waals surface area contributed by atoms with Crippen LogP contribution in [0.5, 0.6) is 0 Å². The Morgan fingerprint density at radius 2 is 1.39 bits per heavy atom. The molecule has 0 radical (unpaired) electrons. The van der Waals surface area contributed by atoms with Crippen molar-refractivity contribution in [1.29, 1.82) is 5.26 Å². The first-order valence-corrected chi connectivity index (χ1v) is 6.93. The van der Waals surface area contributed by atoms with Gasteiger partial charge in [0.25, 0.3) is 0 Å². The molecule has 0 saturated heterocycles. The molecule has 114 valence electrons. The van der Waals surface area contributed by atoms with Crippen molar-refractivity contribution in [3.63, 3.8) is 0 Å². The maximum Gasteiger partial charge on any atom is 0.139 e. The molecule has 0 atom stereocenters. The molecule has 2 aromatic carbocycles. The molecule has 0 fully saturated rings. The van der Waals surface area contributed by atoms with Crippen LogP contribution in [0.2, 0.25) is 0 Å². The maximum atomic E-state index is 8.95. The standard InChI is InChI=1S/C16H15N7/c1-21(18)14-6-8-16(9-7-14)23(22-11-19-20-12-22)15-4-2-13(10-17)3-5-15/h2-9,11-12H,18H2,1H3. The average molecular weight is 305 g/mol. The predicted octanol–water partition coefficient (Wildman–Crippen LogP) is 2.06. The number of anilines is 3. The first-order valence-electron chi connectivity index (χ1n) is 6.93. The molecular weight excluding hydrogens is 290 g/mol. The number of nitrogens with two attached hydrogens (primary N) is 1. The Balaban J connectivity index is 2.04. The van der Waals surface area contributed by atoms with Crippen LogP contribution in [0.25, 0.3) is 0 Å². The van der Waals surface area contributed by atoms with Crippen molar-refractivity contribution in [2.45, 2.75) is 0 Å². The largest absolute Gasteiger partial charge is 0.314 e. The van der Waals surface area contributed by atoms with E-state index >= 15 is 0 Å². The van der Waals surface area contributed by atoms with Crippen LogP contribution >= 0.6 is 0 Å². The van der Waals surface area contributed by atoms with Gasteiger partial charge in [-0.1, -0.05) is 0 Å². The van der Waals surface area contributed by atoms with E-state index in [1.807, 2.05) is 41.4 Å². The SMILES string of the molecule is CN(N)c1ccc(N(c2ccc(C#N)cc2)n2cnnc2)cc1. The molecule has 0 unspecified atom stereocenters. The van der Waals surface area contributed by atoms with Crippen LogP contribution in [-0.2, 0) is 0 Å². The van der Waals surface area contributed by atoms with Gasteiger partial charge < -0.3 is 5.01 Å². The number of hydrogen-bond acceptors (Lipinski definition) is 6. The lowest BCUT2D eigenvalue weighted by Gasteiger charge is -2.25. The molecule has 0 bridgehead atoms. The van der Waals surface area contributed by atoms with Gasteiger partial charge in [0.05, 0.1) is 28.7 Å². The van der Waals surface area contributed by atoms with Gasteiger partial charge in [0.1, 0.15) is 12.7 Å². The summed E-state index contributed by atoms with van der Waals surface area (Å²) < 4.78 is 1.77. The van der Waals surface area contributed by atoms with E-state index in [-0.39, 0.29) is 0 Å². The topological polar surface area (TPSA) is 87.0 Å². The Bertz CT molecular complexity index is 799. The molecule has 0 saturated carbocycles. The summed E-state index contributed by atoms with van der Waals surface area (Å²) in [4.78, 5) is 0. The van der Waals surface area contributed by atoms with Crippen molar-refractivity contribution in [2.75, 3.05) is 17.1 Å². The van der Waals surface area contributed by atoms with Crippen molar-refractivity contribution in [2.24, 2.45) is 5.84 Å². The quantitative estimate of drug-likeness (QED) is 0.586. The van der Waals surface area contributed by atoms with E-state index < -0.39 is 0 Å². The van der Waals surface area contributed by atoms with E-state index in [4.69, 9.17) is 11.1 Å². The summed E-state index contributed by atoms with van der Waals surface area (Å²) in [5.41, 5.74) is 3.31. The predicted molar refractivity (Wildman–Crippen MR) is 87.7 cm³/mol. The third kappa shape index (κ3) is 2.97. The summed E-state index contributed by atoms with van der Waals surface area (Å²) >= 11 is 0. The number of rotatable bonds is 4. The Hall–Kier alpha value is -3.37. The lowest BCUT2D eigenvalue weighted by Crippen LogP contribution is -2.25. The van der Waals surface area contributed by atoms with Crippen LogP contribution < -0.4 is 15.9 Å². The zero-order valence-electron chi connectivity index (χ0n) is 12.5. The first-order chi connectivity index (χ1) is 11.2. The van der Waals surface area contributed by atoms with E-state index in [0.29, 0.717) is 5.56 Å². The van der Waals surface area contributed by atoms with E-state index in [0.717, 1.165) is 17.1 Å². The summed E-state index contributed by atoms with van der Waals surface area (Å²) in [6, 6.07) is 17.2. The van der Waals surface area contributed by atoms with Gasteiger partial charge in [-0.05, 0) is 48.5 Å². The van der Waals surface area contributed by atoms with Gasteiger partial charge >= 0.3 is 0 Å². The fourth-order valence-electron chi connectivity index (χ4n) is 2.22. The second-order valence-corrected chi connectivity index (χ2v) is 4.94. The number of hydrogen-bond donors (Lipinski definition) is 1. The molecule has 23 heavy (non-hydrogen) atoms. The summed E-state index contributed by atoms with van der Waals surface area (Å²) in [6.07, 6.45) is 3.22. The average Bonchev–Trinajstić information content (AvgIpc) is 3.10. The van der Waals surface area contributed by atoms with E-state index in [1.165, 1.54) is 0 Å². The highest BCUT2D eigenvalue weighted by Crippen LogP contribution is 2.27. The molecule has 0 aliphatic heterocycles. The summed E-state index contributed by atoms with van der Waals surface area (Å²) in [5.74, 6) is 5.74. The maximum absolute atomic E-state index is 8.95. The van der Waals surface area contributed by atoms with Gasteiger partial charge in [-0.15, -0.1) is 10.2 Å². The highest BCUT2D eigenvalue weighted by atomic mass is 15.6. The Morgan fingerprint density at radius 1 is 0.913 bits per heavy atom. The second kappa shape index (κ2) is 6.17. The molecule has 3 rings (SSSR count). The Morgan fingerprint density at radius 3 is 1.87 bits per heavy atom. The highest BCUT2D eigenvalue weighted by molar-refractivity contribution is 5.65. The van der Waals surface area contributed by atoms with Gasteiger partial charge in [0.2, 0.25) is 0 Å². The Labute approximate surface area is 133 Å². The third-order valence-corrected chi connectivity index (χ3v) is 3.38. The van der Waals surface area contributed by atoms with Crippen LogP contribution in [-0.4, -0.2) is 21.9 Å². The van der Waals surface area contributed by atoms with Crippen LogP contribution in [0.15, 0.2) is 61.2 Å². The first kappa shape index (κ1) is 14.6. The lowest BCUT2D eigenvalue weighted by atomic mass is 10.2. The number of benzene rings is 2. The molecule has 7 nitrogen and oxygen atoms in total. The molecule has 3 aromatic rings. The molecule has 2 N–H and O–H groups in total. The minimum atomic E-state index is 0.609. The molecule has 1 heterocycles. The molecule has 0 aliphatic rings. The van der Waals surface area contributed by atoms with Crippen LogP contribution in [0.1, 0.15) is 5.56 Å². The van der Waals surface area contributed by atoms with Crippen molar-refractivity contribution >= 4 is 17.1 Å². The monoisotopic (exact) mass is 305 g/mol. The van der Waals surface area contributed by atoms with E-state index in [9.17, 15) is 0 Å². The van der Waals surface area contributed by atoms with Gasteiger partial charge in [0.15, 0.2) is 0 Å². The zero-order chi connectivity index (χ0) is 16.2. The van der Waals surface area contributed by atoms with Crippen molar-refractivity contribution in [3.05, 3.63) is 66.7 Å². The van der Waals surface area contributed by atoms with E-state index in [2.05, 4.69) is 16.3 Å². The minimum Gasteiger partial charge on any atom is -0.314 e. The minimum absolute atomic E-state index is 0.609. The van der Waals surface area contributed by atoms with Crippen LogP contribution in [0.4, 0.5) is 17.1 Å². The van der Waals surface area contributed by atoms with Gasteiger partial charge in [-0.2, -0.15) is 5.26 Å². The number of hydrazine groups is 1. The second-order valence-electron chi connectivity index (χ2n) is 4.94. The number of nitriles is 1. The fraction of sp³-hybridized carbons (Fsp3) is 0.0625. The Kier molecular flexibility index (Phi) is 3.91. The molecule has 0 amide bonds. The summed E-state index contributed by atoms with van der Waals surface area (Å²) in [6.45, 7) is 0. The van der Waals surface area contributed by atoms with Crippen molar-refractivity contribution in [1.82, 2.24) is 14.9 Å². The summed E-state index contributed by atoms with van der Waals surface area (Å²) in [7, 11) is 1.78. The number of aromatic nitrogens is 3. The van der Waals surface area contributed by atoms with Crippen LogP contribution in [0, 0.1) is 11.3 Å². The normalized spacial score (nSPS) is 10.1. The van der Waals surface area contributed by atoms with E-state index in [1.54, 1.807) is 41.5 Å². The van der Waals surface area contributed by atoms with Gasteiger partial charge in [0, 0.05) is 7.05 Å². The molecule has 1 aromatic heterocycles. The third-order valence-electron chi connectivity index (χ3n) is 3.38.